The molecule has 0 aliphatic heterocycles. The van der Waals surface area contributed by atoms with E-state index in [0.717, 1.165) is 44.9 Å². The van der Waals surface area contributed by atoms with E-state index in [1.807, 2.05) is 128 Å². The topological polar surface area (TPSA) is 92.8 Å². The largest absolute Gasteiger partial charge is 0.493 e. The second kappa shape index (κ2) is 14.0. The molecule has 0 aliphatic rings. The fraction of sp³-hybridized carbons (Fsp3) is 0.128. The van der Waals surface area contributed by atoms with Gasteiger partial charge in [-0.05, 0) is 85.2 Å². The molecule has 7 rings (SSSR count). The molecule has 9 nitrogen and oxygen atoms in total. The Morgan fingerprint density at radius 2 is 1.61 bits per heavy atom. The molecule has 3 aromatic heterocycles. The molecule has 244 valence electrons. The Bertz CT molecular complexity index is 2380. The number of aryl methyl sites for hydroxylation is 1. The van der Waals surface area contributed by atoms with Crippen LogP contribution in [0.2, 0.25) is 0 Å². The van der Waals surface area contributed by atoms with E-state index in [9.17, 15) is 4.79 Å². The summed E-state index contributed by atoms with van der Waals surface area (Å²) < 4.78 is 20.9. The third-order valence-electron chi connectivity index (χ3n) is 7.85. The van der Waals surface area contributed by atoms with Crippen LogP contribution in [-0.2, 0) is 6.61 Å². The SMILES string of the molecule is CCOc1ccc(/C=C/c2nc3s/c(=C\c4cn(-c5ccccc5)nc4-c4ccc(OCc5ccccc5)c(C)c4)c(=O)n3n2)cc1OC. The third-order valence-corrected chi connectivity index (χ3v) is 8.81. The molecule has 0 fully saturated rings. The van der Waals surface area contributed by atoms with Gasteiger partial charge in [-0.25, -0.2) is 4.68 Å². The molecule has 0 saturated heterocycles. The van der Waals surface area contributed by atoms with Gasteiger partial charge in [-0.2, -0.15) is 14.6 Å². The second-order valence-corrected chi connectivity index (χ2v) is 12.2. The molecule has 0 bridgehead atoms. The predicted molar refractivity (Wildman–Crippen MR) is 194 cm³/mol. The quantitative estimate of drug-likeness (QED) is 0.146. The molecular formula is C39H33N5O4S. The second-order valence-electron chi connectivity index (χ2n) is 11.2. The average Bonchev–Trinajstić information content (AvgIpc) is 3.82. The van der Waals surface area contributed by atoms with Crippen molar-refractivity contribution >= 4 is 34.5 Å². The minimum absolute atomic E-state index is 0.242. The number of rotatable bonds is 11. The first-order valence-corrected chi connectivity index (χ1v) is 16.6. The predicted octanol–water partition coefficient (Wildman–Crippen LogP) is 7.02. The van der Waals surface area contributed by atoms with Crippen LogP contribution in [0.15, 0.2) is 108 Å². The molecular weight excluding hydrogens is 635 g/mol. The number of thiazole rings is 1. The highest BCUT2D eigenvalue weighted by Gasteiger charge is 2.15. The Labute approximate surface area is 287 Å². The molecule has 0 N–H and O–H groups in total. The van der Waals surface area contributed by atoms with Crippen molar-refractivity contribution in [2.24, 2.45) is 0 Å². The van der Waals surface area contributed by atoms with Crippen LogP contribution in [0.1, 0.15) is 35.0 Å². The van der Waals surface area contributed by atoms with E-state index >= 15 is 0 Å². The van der Waals surface area contributed by atoms with E-state index < -0.39 is 0 Å². The normalized spacial score (nSPS) is 11.9. The van der Waals surface area contributed by atoms with Crippen LogP contribution in [0.5, 0.6) is 17.2 Å². The molecule has 10 heteroatoms. The Morgan fingerprint density at radius 1 is 0.837 bits per heavy atom. The lowest BCUT2D eigenvalue weighted by molar-refractivity contribution is 0.304. The summed E-state index contributed by atoms with van der Waals surface area (Å²) >= 11 is 1.29. The Balaban J connectivity index is 1.20. The number of para-hydroxylation sites is 1. The van der Waals surface area contributed by atoms with Gasteiger partial charge in [0.15, 0.2) is 17.3 Å². The maximum atomic E-state index is 13.6. The highest BCUT2D eigenvalue weighted by Crippen LogP contribution is 2.30. The van der Waals surface area contributed by atoms with Gasteiger partial charge in [0.1, 0.15) is 18.1 Å². The molecule has 3 heterocycles. The van der Waals surface area contributed by atoms with Crippen LogP contribution >= 0.6 is 11.3 Å². The summed E-state index contributed by atoms with van der Waals surface area (Å²) in [5.41, 5.74) is 6.11. The maximum Gasteiger partial charge on any atom is 0.291 e. The van der Waals surface area contributed by atoms with E-state index in [4.69, 9.17) is 19.3 Å². The molecule has 0 aliphatic carbocycles. The fourth-order valence-electron chi connectivity index (χ4n) is 5.42. The minimum atomic E-state index is -0.242. The van der Waals surface area contributed by atoms with Gasteiger partial charge in [0.2, 0.25) is 4.96 Å². The zero-order chi connectivity index (χ0) is 33.7. The lowest BCUT2D eigenvalue weighted by Gasteiger charge is -2.10. The van der Waals surface area contributed by atoms with Gasteiger partial charge in [-0.1, -0.05) is 72.0 Å². The monoisotopic (exact) mass is 667 g/mol. The van der Waals surface area contributed by atoms with Gasteiger partial charge < -0.3 is 14.2 Å². The van der Waals surface area contributed by atoms with Crippen molar-refractivity contribution in [1.82, 2.24) is 24.4 Å². The van der Waals surface area contributed by atoms with E-state index in [1.54, 1.807) is 13.2 Å². The Morgan fingerprint density at radius 3 is 2.35 bits per heavy atom. The van der Waals surface area contributed by atoms with Crippen molar-refractivity contribution < 1.29 is 14.2 Å². The minimum Gasteiger partial charge on any atom is -0.493 e. The lowest BCUT2D eigenvalue weighted by atomic mass is 10.0. The number of nitrogens with zero attached hydrogens (tertiary/aromatic N) is 5. The summed E-state index contributed by atoms with van der Waals surface area (Å²) in [6, 6.07) is 31.7. The molecule has 0 radical (unpaired) electrons. The number of ether oxygens (including phenoxy) is 3. The number of fused-ring (bicyclic) bond motifs is 1. The van der Waals surface area contributed by atoms with E-state index in [0.29, 0.717) is 40.0 Å². The molecule has 0 unspecified atom stereocenters. The summed E-state index contributed by atoms with van der Waals surface area (Å²) in [7, 11) is 1.61. The van der Waals surface area contributed by atoms with Crippen LogP contribution in [0.25, 0.3) is 40.1 Å². The van der Waals surface area contributed by atoms with Gasteiger partial charge in [0.05, 0.1) is 23.9 Å². The number of benzene rings is 4. The zero-order valence-electron chi connectivity index (χ0n) is 27.2. The molecule has 49 heavy (non-hydrogen) atoms. The van der Waals surface area contributed by atoms with E-state index in [2.05, 4.69) is 16.1 Å². The van der Waals surface area contributed by atoms with Crippen LogP contribution in [0.3, 0.4) is 0 Å². The first-order chi connectivity index (χ1) is 24.0. The first kappa shape index (κ1) is 31.6. The van der Waals surface area contributed by atoms with E-state index in [1.165, 1.54) is 15.9 Å². The molecule has 7 aromatic rings. The summed E-state index contributed by atoms with van der Waals surface area (Å²) in [4.78, 5) is 18.7. The summed E-state index contributed by atoms with van der Waals surface area (Å²) in [5, 5.41) is 9.44. The Hall–Kier alpha value is -6.00. The van der Waals surface area contributed by atoms with Crippen molar-refractivity contribution in [3.63, 3.8) is 0 Å². The number of methoxy groups -OCH3 is 1. The van der Waals surface area contributed by atoms with E-state index in [-0.39, 0.29) is 5.56 Å². The molecule has 0 saturated carbocycles. The van der Waals surface area contributed by atoms with Crippen molar-refractivity contribution in [2.45, 2.75) is 20.5 Å². The summed E-state index contributed by atoms with van der Waals surface area (Å²) in [6.45, 7) is 4.98. The van der Waals surface area contributed by atoms with Crippen LogP contribution in [0.4, 0.5) is 0 Å². The standard InChI is InChI=1S/C39H33N5O4S/c1-4-47-33-18-15-27(22-34(33)46-3)16-20-36-40-39-44(41-36)38(45)35(49-39)23-30-24-43(31-13-9-6-10-14-31)42-37(30)29-17-19-32(26(2)21-29)48-25-28-11-7-5-8-12-28/h5-24H,4,25H2,1-3H3/b20-16+,35-23-. The number of hydrogen-bond donors (Lipinski definition) is 0. The smallest absolute Gasteiger partial charge is 0.291 e. The van der Waals surface area contributed by atoms with Gasteiger partial charge >= 0.3 is 0 Å². The highest BCUT2D eigenvalue weighted by atomic mass is 32.1. The molecule has 0 amide bonds. The van der Waals surface area contributed by atoms with Gasteiger partial charge in [-0.3, -0.25) is 4.79 Å². The van der Waals surface area contributed by atoms with Crippen LogP contribution in [-0.4, -0.2) is 38.1 Å². The third kappa shape index (κ3) is 6.86. The summed E-state index contributed by atoms with van der Waals surface area (Å²) in [6.07, 6.45) is 7.45. The molecule has 0 spiro atoms. The van der Waals surface area contributed by atoms with Gasteiger partial charge in [0, 0.05) is 17.3 Å². The van der Waals surface area contributed by atoms with Crippen molar-refractivity contribution in [3.05, 3.63) is 146 Å². The van der Waals surface area contributed by atoms with Crippen molar-refractivity contribution in [2.75, 3.05) is 13.7 Å². The molecule has 0 atom stereocenters. The highest BCUT2D eigenvalue weighted by molar-refractivity contribution is 7.15. The van der Waals surface area contributed by atoms with Gasteiger partial charge in [0.25, 0.3) is 5.56 Å². The summed E-state index contributed by atoms with van der Waals surface area (Å²) in [5.74, 6) is 2.56. The van der Waals surface area contributed by atoms with Crippen LogP contribution < -0.4 is 24.3 Å². The maximum absolute atomic E-state index is 13.6. The fourth-order valence-corrected chi connectivity index (χ4v) is 6.32. The molecule has 4 aromatic carbocycles. The van der Waals surface area contributed by atoms with Crippen LogP contribution in [0, 0.1) is 6.92 Å². The van der Waals surface area contributed by atoms with Crippen molar-refractivity contribution in [3.8, 4) is 34.2 Å². The lowest BCUT2D eigenvalue weighted by Crippen LogP contribution is -2.23. The first-order valence-electron chi connectivity index (χ1n) is 15.8. The Kier molecular flexibility index (Phi) is 9.03. The van der Waals surface area contributed by atoms with Gasteiger partial charge in [-0.15, -0.1) is 5.10 Å². The average molecular weight is 668 g/mol. The van der Waals surface area contributed by atoms with Crippen molar-refractivity contribution in [1.29, 1.82) is 0 Å². The number of aromatic nitrogens is 5. The number of hydrogen-bond acceptors (Lipinski definition) is 8. The zero-order valence-corrected chi connectivity index (χ0v) is 28.1.